The first-order valence-electron chi connectivity index (χ1n) is 6.59. The number of nitrogens with zero attached hydrogens (tertiary/aromatic N) is 2. The van der Waals surface area contributed by atoms with Crippen molar-refractivity contribution < 1.29 is 4.79 Å². The molecule has 0 radical (unpaired) electrons. The molecule has 1 N–H and O–H groups in total. The van der Waals surface area contributed by atoms with Gasteiger partial charge in [-0.25, -0.2) is 4.98 Å². The maximum absolute atomic E-state index is 12.5. The summed E-state index contributed by atoms with van der Waals surface area (Å²) in [6.07, 6.45) is 4.98. The average Bonchev–Trinajstić information content (AvgIpc) is 3.01. The molecule has 0 aliphatic heterocycles. The lowest BCUT2D eigenvalue weighted by molar-refractivity contribution is 0.102. The number of nitrogens with one attached hydrogen (secondary N) is 1. The molecular weight excluding hydrogens is 357 g/mol. The molecule has 1 aromatic heterocycles. The monoisotopic (exact) mass is 365 g/mol. The molecule has 1 amide bonds. The van der Waals surface area contributed by atoms with Gasteiger partial charge in [-0.15, -0.1) is 0 Å². The molecule has 0 atom stereocenters. The highest BCUT2D eigenvalue weighted by atomic mass is 35.5. The van der Waals surface area contributed by atoms with E-state index >= 15 is 0 Å². The number of carbonyl (C=O) groups is 1. The summed E-state index contributed by atoms with van der Waals surface area (Å²) in [5.41, 5.74) is 1.50. The predicted molar refractivity (Wildman–Crippen MR) is 93.0 cm³/mol. The number of carbonyl (C=O) groups excluding carboxylic acids is 1. The van der Waals surface area contributed by atoms with Gasteiger partial charge in [-0.1, -0.05) is 40.9 Å². The number of halogens is 3. The number of rotatable bonds is 3. The van der Waals surface area contributed by atoms with Crippen LogP contribution in [-0.4, -0.2) is 15.5 Å². The fraction of sp³-hybridized carbons (Fsp3) is 0. The molecule has 0 bridgehead atoms. The minimum atomic E-state index is -0.352. The molecule has 0 spiro atoms. The van der Waals surface area contributed by atoms with E-state index in [1.807, 2.05) is 0 Å². The third-order valence-electron chi connectivity index (χ3n) is 3.17. The van der Waals surface area contributed by atoms with E-state index in [0.717, 1.165) is 0 Å². The molecule has 116 valence electrons. The minimum absolute atomic E-state index is 0.279. The van der Waals surface area contributed by atoms with Crippen molar-refractivity contribution in [3.05, 3.63) is 75.8 Å². The predicted octanol–water partition coefficient (Wildman–Crippen LogP) is 5.08. The molecule has 3 aromatic rings. The summed E-state index contributed by atoms with van der Waals surface area (Å²) in [5, 5.41) is 4.05. The van der Waals surface area contributed by atoms with E-state index in [2.05, 4.69) is 10.3 Å². The number of amides is 1. The lowest BCUT2D eigenvalue weighted by Crippen LogP contribution is -2.14. The number of hydrogen-bond donors (Lipinski definition) is 1. The van der Waals surface area contributed by atoms with Crippen LogP contribution in [0.2, 0.25) is 15.1 Å². The maximum Gasteiger partial charge on any atom is 0.257 e. The van der Waals surface area contributed by atoms with Gasteiger partial charge in [0.15, 0.2) is 0 Å². The minimum Gasteiger partial charge on any atom is -0.320 e. The van der Waals surface area contributed by atoms with E-state index in [4.69, 9.17) is 34.8 Å². The number of para-hydroxylation sites is 1. The lowest BCUT2D eigenvalue weighted by Gasteiger charge is -2.14. The highest BCUT2D eigenvalue weighted by Gasteiger charge is 2.15. The standard InChI is InChI=1S/C16H10Cl3N3O/c17-10-4-5-11(13(19)8-10)16(23)21-14-3-1-2-12(18)15(14)22-7-6-20-9-22/h1-9H,(H,21,23). The van der Waals surface area contributed by atoms with Gasteiger partial charge in [0.1, 0.15) is 0 Å². The lowest BCUT2D eigenvalue weighted by atomic mass is 10.2. The Morgan fingerprint density at radius 1 is 1.09 bits per heavy atom. The Hall–Kier alpha value is -2.01. The van der Waals surface area contributed by atoms with Crippen molar-refractivity contribution in [1.82, 2.24) is 9.55 Å². The summed E-state index contributed by atoms with van der Waals surface area (Å²) >= 11 is 18.2. The first-order valence-corrected chi connectivity index (χ1v) is 7.73. The molecule has 3 rings (SSSR count). The summed E-state index contributed by atoms with van der Waals surface area (Å²) in [5.74, 6) is -0.352. The quantitative estimate of drug-likeness (QED) is 0.702. The molecule has 23 heavy (non-hydrogen) atoms. The van der Waals surface area contributed by atoms with Crippen LogP contribution in [0.1, 0.15) is 10.4 Å². The fourth-order valence-corrected chi connectivity index (χ4v) is 2.90. The average molecular weight is 367 g/mol. The number of benzene rings is 2. The highest BCUT2D eigenvalue weighted by Crippen LogP contribution is 2.29. The van der Waals surface area contributed by atoms with Crippen molar-refractivity contribution in [2.45, 2.75) is 0 Å². The maximum atomic E-state index is 12.5. The van der Waals surface area contributed by atoms with Crippen LogP contribution in [0.5, 0.6) is 0 Å². The largest absolute Gasteiger partial charge is 0.320 e. The Kier molecular flexibility index (Phi) is 4.57. The Bertz CT molecular complexity index is 863. The van der Waals surface area contributed by atoms with Crippen molar-refractivity contribution in [2.24, 2.45) is 0 Å². The van der Waals surface area contributed by atoms with Gasteiger partial charge in [0.25, 0.3) is 5.91 Å². The number of aromatic nitrogens is 2. The van der Waals surface area contributed by atoms with Gasteiger partial charge < -0.3 is 9.88 Å². The summed E-state index contributed by atoms with van der Waals surface area (Å²) in [4.78, 5) is 16.5. The topological polar surface area (TPSA) is 46.9 Å². The van der Waals surface area contributed by atoms with Crippen LogP contribution >= 0.6 is 34.8 Å². The highest BCUT2D eigenvalue weighted by molar-refractivity contribution is 6.37. The zero-order valence-electron chi connectivity index (χ0n) is 11.6. The van der Waals surface area contributed by atoms with Gasteiger partial charge in [-0.05, 0) is 30.3 Å². The van der Waals surface area contributed by atoms with E-state index in [9.17, 15) is 4.79 Å². The van der Waals surface area contributed by atoms with Crippen molar-refractivity contribution in [2.75, 3.05) is 5.32 Å². The van der Waals surface area contributed by atoms with E-state index in [1.165, 1.54) is 6.07 Å². The first-order chi connectivity index (χ1) is 11.1. The van der Waals surface area contributed by atoms with Gasteiger partial charge in [-0.3, -0.25) is 4.79 Å². The molecule has 0 aliphatic carbocycles. The summed E-state index contributed by atoms with van der Waals surface area (Å²) in [6.45, 7) is 0. The van der Waals surface area contributed by atoms with E-state index in [1.54, 1.807) is 53.6 Å². The second kappa shape index (κ2) is 6.62. The first kappa shape index (κ1) is 15.9. The smallest absolute Gasteiger partial charge is 0.257 e. The van der Waals surface area contributed by atoms with Crippen molar-refractivity contribution in [1.29, 1.82) is 0 Å². The van der Waals surface area contributed by atoms with Crippen molar-refractivity contribution >= 4 is 46.4 Å². The number of hydrogen-bond acceptors (Lipinski definition) is 2. The van der Waals surface area contributed by atoms with Crippen LogP contribution in [0.3, 0.4) is 0 Å². The van der Waals surface area contributed by atoms with Gasteiger partial charge >= 0.3 is 0 Å². The Labute approximate surface area is 147 Å². The molecule has 0 fully saturated rings. The third kappa shape index (κ3) is 3.34. The van der Waals surface area contributed by atoms with Gasteiger partial charge in [0.2, 0.25) is 0 Å². The van der Waals surface area contributed by atoms with Crippen molar-refractivity contribution in [3.63, 3.8) is 0 Å². The zero-order chi connectivity index (χ0) is 16.4. The Balaban J connectivity index is 1.97. The molecular formula is C16H10Cl3N3O. The van der Waals surface area contributed by atoms with E-state index < -0.39 is 0 Å². The van der Waals surface area contributed by atoms with Crippen LogP contribution < -0.4 is 5.32 Å². The van der Waals surface area contributed by atoms with Crippen molar-refractivity contribution in [3.8, 4) is 5.69 Å². The van der Waals surface area contributed by atoms with Crippen LogP contribution in [-0.2, 0) is 0 Å². The van der Waals surface area contributed by atoms with Crippen LogP contribution in [0, 0.1) is 0 Å². The summed E-state index contributed by atoms with van der Waals surface area (Å²) in [7, 11) is 0. The summed E-state index contributed by atoms with van der Waals surface area (Å²) < 4.78 is 1.72. The second-order valence-electron chi connectivity index (χ2n) is 4.68. The molecule has 1 heterocycles. The zero-order valence-corrected chi connectivity index (χ0v) is 13.9. The van der Waals surface area contributed by atoms with Gasteiger partial charge in [0.05, 0.1) is 33.3 Å². The van der Waals surface area contributed by atoms with Gasteiger partial charge in [-0.2, -0.15) is 0 Å². The normalized spacial score (nSPS) is 10.6. The van der Waals surface area contributed by atoms with E-state index in [-0.39, 0.29) is 10.9 Å². The molecule has 7 heteroatoms. The van der Waals surface area contributed by atoms with Gasteiger partial charge in [0, 0.05) is 17.4 Å². The van der Waals surface area contributed by atoms with E-state index in [0.29, 0.717) is 27.0 Å². The molecule has 0 unspecified atom stereocenters. The van der Waals surface area contributed by atoms with Crippen LogP contribution in [0.25, 0.3) is 5.69 Å². The molecule has 0 aliphatic rings. The fourth-order valence-electron chi connectivity index (χ4n) is 2.13. The van der Waals surface area contributed by atoms with Crippen LogP contribution in [0.4, 0.5) is 5.69 Å². The molecule has 0 saturated carbocycles. The SMILES string of the molecule is O=C(Nc1cccc(Cl)c1-n1ccnc1)c1ccc(Cl)cc1Cl. The molecule has 4 nitrogen and oxygen atoms in total. The van der Waals surface area contributed by atoms with Crippen LogP contribution in [0.15, 0.2) is 55.1 Å². The number of imidazole rings is 1. The molecule has 0 saturated heterocycles. The summed E-state index contributed by atoms with van der Waals surface area (Å²) in [6, 6.07) is 9.94. The molecule has 2 aromatic carbocycles. The number of anilines is 1. The Morgan fingerprint density at radius 2 is 1.91 bits per heavy atom. The second-order valence-corrected chi connectivity index (χ2v) is 5.94. The Morgan fingerprint density at radius 3 is 2.61 bits per heavy atom. The third-order valence-corrected chi connectivity index (χ3v) is 4.03.